The predicted molar refractivity (Wildman–Crippen MR) is 57.9 cm³/mol. The fourth-order valence-corrected chi connectivity index (χ4v) is 1.77. The highest BCUT2D eigenvalue weighted by Crippen LogP contribution is 2.38. The quantitative estimate of drug-likeness (QED) is 0.725. The molecule has 1 amide bonds. The Labute approximate surface area is 86.6 Å². The molecule has 1 unspecified atom stereocenters. The summed E-state index contributed by atoms with van der Waals surface area (Å²) in [6, 6.07) is 0. The van der Waals surface area contributed by atoms with E-state index in [-0.39, 0.29) is 5.91 Å². The number of rotatable bonds is 5. The maximum absolute atomic E-state index is 12.0. The average molecular weight is 198 g/mol. The second kappa shape index (κ2) is 4.30. The number of likely N-dealkylation sites (N-methyl/N-ethyl adjacent to an activating group) is 1. The average Bonchev–Trinajstić information content (AvgIpc) is 2.95. The second-order valence-corrected chi connectivity index (χ2v) is 4.64. The Bertz CT molecular complexity index is 209. The maximum Gasteiger partial charge on any atom is 0.242 e. The summed E-state index contributed by atoms with van der Waals surface area (Å²) in [7, 11) is 1.85. The normalized spacial score (nSPS) is 20.3. The number of nitrogens with two attached hydrogens (primary N) is 1. The Hall–Kier alpha value is -0.570. The molecule has 0 bridgehead atoms. The van der Waals surface area contributed by atoms with Crippen molar-refractivity contribution in [3.8, 4) is 0 Å². The van der Waals surface area contributed by atoms with Gasteiger partial charge in [-0.2, -0.15) is 0 Å². The van der Waals surface area contributed by atoms with Crippen LogP contribution in [0.1, 0.15) is 39.5 Å². The third kappa shape index (κ3) is 2.47. The van der Waals surface area contributed by atoms with Crippen LogP contribution in [-0.4, -0.2) is 29.9 Å². The van der Waals surface area contributed by atoms with Crippen molar-refractivity contribution in [2.24, 2.45) is 11.7 Å². The molecule has 0 saturated heterocycles. The minimum atomic E-state index is -0.623. The Morgan fingerprint density at radius 1 is 1.57 bits per heavy atom. The van der Waals surface area contributed by atoms with E-state index in [1.807, 2.05) is 14.0 Å². The third-order valence-corrected chi connectivity index (χ3v) is 3.08. The third-order valence-electron chi connectivity index (χ3n) is 3.08. The molecule has 1 aliphatic rings. The molecule has 0 spiro atoms. The minimum absolute atomic E-state index is 0.105. The fourth-order valence-electron chi connectivity index (χ4n) is 1.77. The zero-order valence-electron chi connectivity index (χ0n) is 9.55. The van der Waals surface area contributed by atoms with Gasteiger partial charge in [-0.3, -0.25) is 4.79 Å². The van der Waals surface area contributed by atoms with E-state index in [1.54, 1.807) is 4.90 Å². The van der Waals surface area contributed by atoms with Crippen molar-refractivity contribution >= 4 is 5.91 Å². The summed E-state index contributed by atoms with van der Waals surface area (Å²) in [5.41, 5.74) is 5.42. The molecule has 3 heteroatoms. The van der Waals surface area contributed by atoms with Crippen LogP contribution in [0.4, 0.5) is 0 Å². The first kappa shape index (κ1) is 11.5. The van der Waals surface area contributed by atoms with Gasteiger partial charge in [-0.15, -0.1) is 0 Å². The zero-order chi connectivity index (χ0) is 10.8. The van der Waals surface area contributed by atoms with E-state index in [1.165, 1.54) is 0 Å². The summed E-state index contributed by atoms with van der Waals surface area (Å²) in [6.07, 6.45) is 4.39. The van der Waals surface area contributed by atoms with Gasteiger partial charge < -0.3 is 10.6 Å². The van der Waals surface area contributed by atoms with Crippen molar-refractivity contribution in [1.29, 1.82) is 0 Å². The highest BCUT2D eigenvalue weighted by atomic mass is 16.2. The summed E-state index contributed by atoms with van der Waals surface area (Å²) in [5.74, 6) is 0.521. The molecule has 82 valence electrons. The summed E-state index contributed by atoms with van der Waals surface area (Å²) < 4.78 is 0. The minimum Gasteiger partial charge on any atom is -0.344 e. The molecule has 1 fully saturated rings. The summed E-state index contributed by atoms with van der Waals surface area (Å²) in [6.45, 7) is 4.82. The van der Waals surface area contributed by atoms with Crippen molar-refractivity contribution in [2.45, 2.75) is 45.1 Å². The van der Waals surface area contributed by atoms with Crippen LogP contribution in [0.3, 0.4) is 0 Å². The van der Waals surface area contributed by atoms with Crippen LogP contribution in [-0.2, 0) is 4.79 Å². The SMILES string of the molecule is CCCCN(C)C(=O)C(C)(N)C1CC1. The van der Waals surface area contributed by atoms with Crippen LogP contribution < -0.4 is 5.73 Å². The van der Waals surface area contributed by atoms with Crippen LogP contribution in [0.2, 0.25) is 0 Å². The first-order valence-electron chi connectivity index (χ1n) is 5.54. The number of nitrogens with zero attached hydrogens (tertiary/aromatic N) is 1. The molecule has 2 N–H and O–H groups in total. The van der Waals surface area contributed by atoms with Gasteiger partial charge in [0.05, 0.1) is 5.54 Å². The van der Waals surface area contributed by atoms with E-state index in [9.17, 15) is 4.79 Å². The highest BCUT2D eigenvalue weighted by Gasteiger charge is 2.45. The van der Waals surface area contributed by atoms with Crippen LogP contribution >= 0.6 is 0 Å². The standard InChI is InChI=1S/C11H22N2O/c1-4-5-8-13(3)10(14)11(2,12)9-6-7-9/h9H,4-8,12H2,1-3H3. The van der Waals surface area contributed by atoms with E-state index in [2.05, 4.69) is 6.92 Å². The molecule has 14 heavy (non-hydrogen) atoms. The largest absolute Gasteiger partial charge is 0.344 e. The molecular formula is C11H22N2O. The molecule has 1 rings (SSSR count). The number of hydrogen-bond acceptors (Lipinski definition) is 2. The first-order chi connectivity index (χ1) is 6.50. The van der Waals surface area contributed by atoms with Crippen LogP contribution in [0.5, 0.6) is 0 Å². The molecule has 0 heterocycles. The number of hydrogen-bond donors (Lipinski definition) is 1. The molecule has 1 aliphatic carbocycles. The van der Waals surface area contributed by atoms with E-state index in [4.69, 9.17) is 5.73 Å². The monoisotopic (exact) mass is 198 g/mol. The molecule has 1 saturated carbocycles. The van der Waals surface area contributed by atoms with Crippen molar-refractivity contribution in [1.82, 2.24) is 4.90 Å². The van der Waals surface area contributed by atoms with E-state index in [0.717, 1.165) is 32.2 Å². The topological polar surface area (TPSA) is 46.3 Å². The van der Waals surface area contributed by atoms with Gasteiger partial charge >= 0.3 is 0 Å². The summed E-state index contributed by atoms with van der Waals surface area (Å²) in [5, 5.41) is 0. The van der Waals surface area contributed by atoms with Crippen molar-refractivity contribution in [3.05, 3.63) is 0 Å². The smallest absolute Gasteiger partial charge is 0.242 e. The van der Waals surface area contributed by atoms with Gasteiger partial charge in [0.15, 0.2) is 0 Å². The molecule has 3 nitrogen and oxygen atoms in total. The van der Waals surface area contributed by atoms with Crippen LogP contribution in [0.25, 0.3) is 0 Å². The molecular weight excluding hydrogens is 176 g/mol. The van der Waals surface area contributed by atoms with Gasteiger partial charge in [0, 0.05) is 13.6 Å². The van der Waals surface area contributed by atoms with Crippen LogP contribution in [0, 0.1) is 5.92 Å². The predicted octanol–water partition coefficient (Wildman–Crippen LogP) is 1.37. The van der Waals surface area contributed by atoms with Gasteiger partial charge in [-0.05, 0) is 32.1 Å². The van der Waals surface area contributed by atoms with E-state index in [0.29, 0.717) is 5.92 Å². The molecule has 1 atom stereocenters. The number of unbranched alkanes of at least 4 members (excludes halogenated alkanes) is 1. The van der Waals surface area contributed by atoms with Crippen molar-refractivity contribution in [3.63, 3.8) is 0 Å². The second-order valence-electron chi connectivity index (χ2n) is 4.64. The summed E-state index contributed by atoms with van der Waals surface area (Å²) >= 11 is 0. The lowest BCUT2D eigenvalue weighted by atomic mass is 9.95. The van der Waals surface area contributed by atoms with Gasteiger partial charge in [0.1, 0.15) is 0 Å². The Balaban J connectivity index is 2.45. The Morgan fingerprint density at radius 2 is 2.14 bits per heavy atom. The van der Waals surface area contributed by atoms with Gasteiger partial charge in [0.25, 0.3) is 0 Å². The number of carbonyl (C=O) groups is 1. The molecule has 0 radical (unpaired) electrons. The van der Waals surface area contributed by atoms with E-state index < -0.39 is 5.54 Å². The lowest BCUT2D eigenvalue weighted by Crippen LogP contribution is -2.53. The lowest BCUT2D eigenvalue weighted by molar-refractivity contribution is -0.135. The number of amides is 1. The number of carbonyl (C=O) groups excluding carboxylic acids is 1. The maximum atomic E-state index is 12.0. The lowest BCUT2D eigenvalue weighted by Gasteiger charge is -2.29. The van der Waals surface area contributed by atoms with Crippen molar-refractivity contribution in [2.75, 3.05) is 13.6 Å². The van der Waals surface area contributed by atoms with Gasteiger partial charge in [0.2, 0.25) is 5.91 Å². The molecule has 0 aromatic carbocycles. The van der Waals surface area contributed by atoms with Gasteiger partial charge in [-0.25, -0.2) is 0 Å². The molecule has 0 aliphatic heterocycles. The fraction of sp³-hybridized carbons (Fsp3) is 0.909. The Kier molecular flexibility index (Phi) is 3.53. The zero-order valence-corrected chi connectivity index (χ0v) is 9.55. The van der Waals surface area contributed by atoms with Crippen molar-refractivity contribution < 1.29 is 4.79 Å². The van der Waals surface area contributed by atoms with E-state index >= 15 is 0 Å². The highest BCUT2D eigenvalue weighted by molar-refractivity contribution is 5.86. The van der Waals surface area contributed by atoms with Crippen LogP contribution in [0.15, 0.2) is 0 Å². The first-order valence-corrected chi connectivity index (χ1v) is 5.54. The molecule has 0 aromatic heterocycles. The van der Waals surface area contributed by atoms with Gasteiger partial charge in [-0.1, -0.05) is 13.3 Å². The Morgan fingerprint density at radius 3 is 2.57 bits per heavy atom. The molecule has 0 aromatic rings. The summed E-state index contributed by atoms with van der Waals surface area (Å²) in [4.78, 5) is 13.7.